The molecule has 10 heteroatoms. The Morgan fingerprint density at radius 1 is 1.10 bits per heavy atom. The van der Waals surface area contributed by atoms with Gasteiger partial charge < -0.3 is 10.1 Å². The van der Waals surface area contributed by atoms with Gasteiger partial charge in [0.2, 0.25) is 5.13 Å². The first kappa shape index (κ1) is 21.3. The number of esters is 1. The summed E-state index contributed by atoms with van der Waals surface area (Å²) >= 11 is 6.87. The lowest BCUT2D eigenvalue weighted by atomic mass is 10.2. The number of benzene rings is 2. The Labute approximate surface area is 181 Å². The molecular formula is C20H17ClN4O4S. The second-order valence-electron chi connectivity index (χ2n) is 5.82. The van der Waals surface area contributed by atoms with E-state index in [0.29, 0.717) is 16.3 Å². The van der Waals surface area contributed by atoms with Gasteiger partial charge in [-0.05, 0) is 43.3 Å². The maximum atomic E-state index is 12.9. The lowest BCUT2D eigenvalue weighted by Gasteiger charge is -2.21. The van der Waals surface area contributed by atoms with Crippen molar-refractivity contribution < 1.29 is 19.1 Å². The highest BCUT2D eigenvalue weighted by molar-refractivity contribution is 7.14. The number of hydrazine groups is 1. The van der Waals surface area contributed by atoms with Crippen molar-refractivity contribution in [2.45, 2.75) is 6.92 Å². The first-order chi connectivity index (χ1) is 14.5. The molecule has 0 bridgehead atoms. The zero-order chi connectivity index (χ0) is 21.5. The number of hydrogen-bond acceptors (Lipinski definition) is 6. The van der Waals surface area contributed by atoms with Gasteiger partial charge in [-0.2, -0.15) is 5.01 Å². The molecule has 0 fully saturated rings. The van der Waals surface area contributed by atoms with E-state index in [4.69, 9.17) is 16.3 Å². The molecule has 1 aromatic heterocycles. The maximum absolute atomic E-state index is 12.9. The lowest BCUT2D eigenvalue weighted by molar-refractivity contribution is 0.0520. The molecular weight excluding hydrogens is 428 g/mol. The van der Waals surface area contributed by atoms with Gasteiger partial charge in [0.1, 0.15) is 0 Å². The Morgan fingerprint density at radius 2 is 1.80 bits per heavy atom. The Hall–Kier alpha value is -3.43. The molecule has 3 rings (SSSR count). The molecule has 0 aliphatic heterocycles. The molecule has 0 saturated carbocycles. The van der Waals surface area contributed by atoms with Crippen LogP contribution in [-0.4, -0.2) is 29.5 Å². The minimum absolute atomic E-state index is 0.0371. The molecule has 3 amide bonds. The third-order valence-electron chi connectivity index (χ3n) is 3.72. The van der Waals surface area contributed by atoms with Crippen molar-refractivity contribution in [1.82, 2.24) is 10.4 Å². The summed E-state index contributed by atoms with van der Waals surface area (Å²) in [6, 6.07) is 14.2. The molecule has 0 radical (unpaired) electrons. The van der Waals surface area contributed by atoms with E-state index in [9.17, 15) is 14.4 Å². The molecule has 2 N–H and O–H groups in total. The van der Waals surface area contributed by atoms with Gasteiger partial charge in [0, 0.05) is 21.7 Å². The second-order valence-corrected chi connectivity index (χ2v) is 7.09. The van der Waals surface area contributed by atoms with E-state index >= 15 is 0 Å². The molecule has 154 valence electrons. The number of carbonyl (C=O) groups excluding carboxylic acids is 3. The number of hydrogen-bond donors (Lipinski definition) is 2. The van der Waals surface area contributed by atoms with Crippen LogP contribution < -0.4 is 15.8 Å². The third-order valence-corrected chi connectivity index (χ3v) is 4.79. The Bertz CT molecular complexity index is 1040. The number of halogens is 1. The molecule has 8 nitrogen and oxygen atoms in total. The highest BCUT2D eigenvalue weighted by Crippen LogP contribution is 2.21. The standard InChI is InChI=1S/C20H17ClN4O4S/c1-2-29-18(27)16-12-30-20(23-16)25(19(28)22-15-6-4-3-5-7-15)24-17(26)13-8-10-14(21)11-9-13/h3-12H,2H2,1H3,(H,22,28)(H,24,26). The van der Waals surface area contributed by atoms with Crippen molar-refractivity contribution in [3.05, 3.63) is 76.3 Å². The smallest absolute Gasteiger partial charge is 0.357 e. The van der Waals surface area contributed by atoms with E-state index in [0.717, 1.165) is 16.3 Å². The fourth-order valence-corrected chi connectivity index (χ4v) is 3.20. The number of ether oxygens (including phenoxy) is 1. The summed E-state index contributed by atoms with van der Waals surface area (Å²) in [5, 5.41) is 5.63. The number of aromatic nitrogens is 1. The number of thiazole rings is 1. The fourth-order valence-electron chi connectivity index (χ4n) is 2.32. The summed E-state index contributed by atoms with van der Waals surface area (Å²) in [4.78, 5) is 41.6. The van der Waals surface area contributed by atoms with E-state index in [-0.39, 0.29) is 17.4 Å². The molecule has 30 heavy (non-hydrogen) atoms. The third kappa shape index (κ3) is 5.34. The molecule has 0 aliphatic carbocycles. The first-order valence-electron chi connectivity index (χ1n) is 8.83. The van der Waals surface area contributed by atoms with Crippen LogP contribution in [0.1, 0.15) is 27.8 Å². The van der Waals surface area contributed by atoms with Crippen LogP contribution >= 0.6 is 22.9 Å². The summed E-state index contributed by atoms with van der Waals surface area (Å²) in [5.41, 5.74) is 3.36. The molecule has 2 aromatic carbocycles. The summed E-state index contributed by atoms with van der Waals surface area (Å²) in [6.07, 6.45) is 0. The van der Waals surface area contributed by atoms with E-state index in [1.807, 2.05) is 6.07 Å². The van der Waals surface area contributed by atoms with Crippen LogP contribution in [0.3, 0.4) is 0 Å². The summed E-state index contributed by atoms with van der Waals surface area (Å²) in [7, 11) is 0. The van der Waals surface area contributed by atoms with Crippen molar-refractivity contribution in [3.8, 4) is 0 Å². The average molecular weight is 445 g/mol. The normalized spacial score (nSPS) is 10.2. The van der Waals surface area contributed by atoms with Crippen molar-refractivity contribution in [2.75, 3.05) is 16.9 Å². The second kappa shape index (κ2) is 9.86. The van der Waals surface area contributed by atoms with Crippen molar-refractivity contribution >= 4 is 51.7 Å². The number of anilines is 2. The van der Waals surface area contributed by atoms with Crippen LogP contribution in [0.5, 0.6) is 0 Å². The molecule has 0 spiro atoms. The molecule has 0 unspecified atom stereocenters. The molecule has 3 aromatic rings. The molecule has 0 atom stereocenters. The van der Waals surface area contributed by atoms with Crippen LogP contribution in [-0.2, 0) is 4.74 Å². The van der Waals surface area contributed by atoms with Gasteiger partial charge in [0.05, 0.1) is 6.61 Å². The van der Waals surface area contributed by atoms with Gasteiger partial charge in [-0.15, -0.1) is 11.3 Å². The fraction of sp³-hybridized carbons (Fsp3) is 0.100. The quantitative estimate of drug-likeness (QED) is 0.450. The maximum Gasteiger partial charge on any atom is 0.357 e. The number of rotatable bonds is 5. The van der Waals surface area contributed by atoms with Gasteiger partial charge in [0.15, 0.2) is 5.69 Å². The minimum atomic E-state index is -0.659. The predicted octanol–water partition coefficient (Wildman–Crippen LogP) is 4.36. The van der Waals surface area contributed by atoms with Gasteiger partial charge in [-0.25, -0.2) is 14.6 Å². The van der Waals surface area contributed by atoms with Crippen LogP contribution in [0.15, 0.2) is 60.0 Å². The molecule has 1 heterocycles. The lowest BCUT2D eigenvalue weighted by Crippen LogP contribution is -2.48. The summed E-state index contributed by atoms with van der Waals surface area (Å²) in [5.74, 6) is -1.17. The van der Waals surface area contributed by atoms with E-state index < -0.39 is 17.9 Å². The van der Waals surface area contributed by atoms with Gasteiger partial charge >= 0.3 is 12.0 Å². The number of nitrogens with zero attached hydrogens (tertiary/aromatic N) is 2. The monoisotopic (exact) mass is 444 g/mol. The molecule has 0 saturated heterocycles. The number of nitrogens with one attached hydrogen (secondary N) is 2. The zero-order valence-corrected chi connectivity index (χ0v) is 17.4. The highest BCUT2D eigenvalue weighted by Gasteiger charge is 2.24. The van der Waals surface area contributed by atoms with Crippen molar-refractivity contribution in [1.29, 1.82) is 0 Å². The summed E-state index contributed by atoms with van der Waals surface area (Å²) in [6.45, 7) is 1.87. The summed E-state index contributed by atoms with van der Waals surface area (Å²) < 4.78 is 4.93. The van der Waals surface area contributed by atoms with E-state index in [2.05, 4.69) is 15.7 Å². The molecule has 0 aliphatic rings. The van der Waals surface area contributed by atoms with Gasteiger partial charge in [-0.1, -0.05) is 29.8 Å². The average Bonchev–Trinajstić information content (AvgIpc) is 3.23. The van der Waals surface area contributed by atoms with Crippen LogP contribution in [0.2, 0.25) is 5.02 Å². The number of urea groups is 1. The van der Waals surface area contributed by atoms with E-state index in [1.54, 1.807) is 43.3 Å². The van der Waals surface area contributed by atoms with Crippen LogP contribution in [0.25, 0.3) is 0 Å². The predicted molar refractivity (Wildman–Crippen MR) is 115 cm³/mol. The Balaban J connectivity index is 1.86. The first-order valence-corrected chi connectivity index (χ1v) is 10.1. The minimum Gasteiger partial charge on any atom is -0.461 e. The Morgan fingerprint density at radius 3 is 2.47 bits per heavy atom. The van der Waals surface area contributed by atoms with Crippen molar-refractivity contribution in [2.24, 2.45) is 0 Å². The van der Waals surface area contributed by atoms with Crippen LogP contribution in [0.4, 0.5) is 15.6 Å². The highest BCUT2D eigenvalue weighted by atomic mass is 35.5. The van der Waals surface area contributed by atoms with Gasteiger partial charge in [0.25, 0.3) is 5.91 Å². The largest absolute Gasteiger partial charge is 0.461 e. The number of amides is 3. The van der Waals surface area contributed by atoms with Crippen LogP contribution in [0, 0.1) is 0 Å². The number of carbonyl (C=O) groups is 3. The van der Waals surface area contributed by atoms with E-state index in [1.165, 1.54) is 17.5 Å². The van der Waals surface area contributed by atoms with Gasteiger partial charge in [-0.3, -0.25) is 10.2 Å². The van der Waals surface area contributed by atoms with Crippen molar-refractivity contribution in [3.63, 3.8) is 0 Å². The topological polar surface area (TPSA) is 101 Å². The zero-order valence-electron chi connectivity index (χ0n) is 15.8. The number of para-hydroxylation sites is 1. The Kier molecular flexibility index (Phi) is 6.99. The SMILES string of the molecule is CCOC(=O)c1csc(N(NC(=O)c2ccc(Cl)cc2)C(=O)Nc2ccccc2)n1.